The SMILES string of the molecule is CN(Cc1cccc(Br)c1)c1cc(Cl)ncn1. The van der Waals surface area contributed by atoms with Crippen molar-refractivity contribution in [3.63, 3.8) is 0 Å². The normalized spacial score (nSPS) is 10.3. The van der Waals surface area contributed by atoms with Crippen molar-refractivity contribution in [1.29, 1.82) is 0 Å². The van der Waals surface area contributed by atoms with E-state index in [1.54, 1.807) is 6.07 Å². The van der Waals surface area contributed by atoms with E-state index in [0.29, 0.717) is 5.15 Å². The number of halogens is 2. The summed E-state index contributed by atoms with van der Waals surface area (Å²) in [5.74, 6) is 0.810. The van der Waals surface area contributed by atoms with Gasteiger partial charge in [-0.3, -0.25) is 0 Å². The second kappa shape index (κ2) is 5.47. The minimum atomic E-state index is 0.455. The molecule has 0 N–H and O–H groups in total. The molecule has 1 aromatic carbocycles. The number of anilines is 1. The van der Waals surface area contributed by atoms with E-state index in [9.17, 15) is 0 Å². The average molecular weight is 313 g/mol. The van der Waals surface area contributed by atoms with Gasteiger partial charge < -0.3 is 4.90 Å². The molecule has 88 valence electrons. The summed E-state index contributed by atoms with van der Waals surface area (Å²) in [6, 6.07) is 9.92. The summed E-state index contributed by atoms with van der Waals surface area (Å²) in [6.07, 6.45) is 1.47. The topological polar surface area (TPSA) is 29.0 Å². The van der Waals surface area contributed by atoms with Gasteiger partial charge in [0.25, 0.3) is 0 Å². The smallest absolute Gasteiger partial charge is 0.134 e. The van der Waals surface area contributed by atoms with E-state index >= 15 is 0 Å². The number of nitrogens with zero attached hydrogens (tertiary/aromatic N) is 3. The fourth-order valence-corrected chi connectivity index (χ4v) is 2.11. The van der Waals surface area contributed by atoms with Gasteiger partial charge in [-0.15, -0.1) is 0 Å². The zero-order valence-corrected chi connectivity index (χ0v) is 11.6. The maximum absolute atomic E-state index is 5.83. The molecule has 0 spiro atoms. The van der Waals surface area contributed by atoms with E-state index in [0.717, 1.165) is 16.8 Å². The summed E-state index contributed by atoms with van der Waals surface area (Å²) in [5.41, 5.74) is 1.21. The number of benzene rings is 1. The van der Waals surface area contributed by atoms with Crippen LogP contribution < -0.4 is 4.90 Å². The van der Waals surface area contributed by atoms with Gasteiger partial charge in [0, 0.05) is 24.1 Å². The van der Waals surface area contributed by atoms with Crippen LogP contribution in [0.1, 0.15) is 5.56 Å². The Hall–Kier alpha value is -1.13. The third-order valence-corrected chi connectivity index (χ3v) is 3.02. The summed E-state index contributed by atoms with van der Waals surface area (Å²) < 4.78 is 1.07. The maximum Gasteiger partial charge on any atom is 0.134 e. The van der Waals surface area contributed by atoms with Crippen LogP contribution in [-0.4, -0.2) is 17.0 Å². The second-order valence-electron chi connectivity index (χ2n) is 3.68. The van der Waals surface area contributed by atoms with Crippen molar-refractivity contribution in [3.8, 4) is 0 Å². The molecule has 0 saturated carbocycles. The summed E-state index contributed by atoms with van der Waals surface area (Å²) in [7, 11) is 1.97. The molecule has 2 aromatic rings. The van der Waals surface area contributed by atoms with Crippen LogP contribution in [0.15, 0.2) is 41.1 Å². The Bertz CT molecular complexity index is 519. The molecule has 0 fully saturated rings. The number of rotatable bonds is 3. The van der Waals surface area contributed by atoms with Gasteiger partial charge in [-0.05, 0) is 17.7 Å². The van der Waals surface area contributed by atoms with E-state index in [1.807, 2.05) is 24.1 Å². The van der Waals surface area contributed by atoms with Gasteiger partial charge in [-0.2, -0.15) is 0 Å². The van der Waals surface area contributed by atoms with E-state index in [1.165, 1.54) is 11.9 Å². The molecule has 0 unspecified atom stereocenters. The number of hydrogen-bond acceptors (Lipinski definition) is 3. The minimum Gasteiger partial charge on any atom is -0.355 e. The van der Waals surface area contributed by atoms with Gasteiger partial charge in [-0.1, -0.05) is 39.7 Å². The van der Waals surface area contributed by atoms with Crippen molar-refractivity contribution < 1.29 is 0 Å². The van der Waals surface area contributed by atoms with Crippen LogP contribution in [0.25, 0.3) is 0 Å². The third kappa shape index (κ3) is 3.41. The highest BCUT2D eigenvalue weighted by Gasteiger charge is 2.04. The first-order valence-corrected chi connectivity index (χ1v) is 6.25. The van der Waals surface area contributed by atoms with E-state index < -0.39 is 0 Å². The summed E-state index contributed by atoms with van der Waals surface area (Å²) >= 11 is 9.29. The zero-order valence-electron chi connectivity index (χ0n) is 9.27. The molecule has 0 aliphatic rings. The molecule has 0 amide bonds. The molecule has 1 aromatic heterocycles. The molecule has 1 heterocycles. The summed E-state index contributed by atoms with van der Waals surface area (Å²) in [4.78, 5) is 10.1. The fraction of sp³-hybridized carbons (Fsp3) is 0.167. The Morgan fingerprint density at radius 3 is 2.82 bits per heavy atom. The second-order valence-corrected chi connectivity index (χ2v) is 4.99. The largest absolute Gasteiger partial charge is 0.355 e. The van der Waals surface area contributed by atoms with Crippen molar-refractivity contribution in [2.24, 2.45) is 0 Å². The molecular weight excluding hydrogens is 302 g/mol. The number of aromatic nitrogens is 2. The third-order valence-electron chi connectivity index (χ3n) is 2.32. The van der Waals surface area contributed by atoms with E-state index in [4.69, 9.17) is 11.6 Å². The fourth-order valence-electron chi connectivity index (χ4n) is 1.52. The van der Waals surface area contributed by atoms with Gasteiger partial charge in [0.2, 0.25) is 0 Å². The average Bonchev–Trinajstić information content (AvgIpc) is 2.29. The van der Waals surface area contributed by atoms with Crippen LogP contribution >= 0.6 is 27.5 Å². The van der Waals surface area contributed by atoms with Gasteiger partial charge in [0.1, 0.15) is 17.3 Å². The highest BCUT2D eigenvalue weighted by atomic mass is 79.9. The van der Waals surface area contributed by atoms with Crippen molar-refractivity contribution in [2.45, 2.75) is 6.54 Å². The monoisotopic (exact) mass is 311 g/mol. The maximum atomic E-state index is 5.83. The lowest BCUT2D eigenvalue weighted by atomic mass is 10.2. The molecular formula is C12H11BrClN3. The van der Waals surface area contributed by atoms with E-state index in [2.05, 4.69) is 38.0 Å². The van der Waals surface area contributed by atoms with Crippen molar-refractivity contribution >= 4 is 33.3 Å². The van der Waals surface area contributed by atoms with Crippen molar-refractivity contribution in [3.05, 3.63) is 51.8 Å². The first-order valence-electron chi connectivity index (χ1n) is 5.08. The summed E-state index contributed by atoms with van der Waals surface area (Å²) in [5, 5.41) is 0.455. The molecule has 5 heteroatoms. The van der Waals surface area contributed by atoms with Crippen LogP contribution in [0.4, 0.5) is 5.82 Å². The van der Waals surface area contributed by atoms with Crippen LogP contribution in [-0.2, 0) is 6.54 Å². The minimum absolute atomic E-state index is 0.455. The molecule has 0 saturated heterocycles. The molecule has 3 nitrogen and oxygen atoms in total. The highest BCUT2D eigenvalue weighted by Crippen LogP contribution is 2.17. The Kier molecular flexibility index (Phi) is 3.97. The summed E-state index contributed by atoms with van der Waals surface area (Å²) in [6.45, 7) is 0.771. The van der Waals surface area contributed by atoms with Crippen molar-refractivity contribution in [2.75, 3.05) is 11.9 Å². The Morgan fingerprint density at radius 1 is 1.29 bits per heavy atom. The van der Waals surface area contributed by atoms with Crippen LogP contribution in [0, 0.1) is 0 Å². The molecule has 17 heavy (non-hydrogen) atoms. The highest BCUT2D eigenvalue weighted by molar-refractivity contribution is 9.10. The first-order chi connectivity index (χ1) is 8.15. The zero-order chi connectivity index (χ0) is 12.3. The first kappa shape index (κ1) is 12.3. The molecule has 0 bridgehead atoms. The van der Waals surface area contributed by atoms with Gasteiger partial charge in [0.05, 0.1) is 0 Å². The predicted molar refractivity (Wildman–Crippen MR) is 73.3 cm³/mol. The molecule has 2 rings (SSSR count). The van der Waals surface area contributed by atoms with Crippen LogP contribution in [0.5, 0.6) is 0 Å². The standard InChI is InChI=1S/C12H11BrClN3/c1-17(12-6-11(14)15-8-16-12)7-9-3-2-4-10(13)5-9/h2-6,8H,7H2,1H3. The number of hydrogen-bond donors (Lipinski definition) is 0. The van der Waals surface area contributed by atoms with Gasteiger partial charge >= 0.3 is 0 Å². The Labute approximate surface area is 114 Å². The Morgan fingerprint density at radius 2 is 2.12 bits per heavy atom. The quantitative estimate of drug-likeness (QED) is 0.812. The molecule has 0 radical (unpaired) electrons. The lowest BCUT2D eigenvalue weighted by molar-refractivity contribution is 0.890. The van der Waals surface area contributed by atoms with Crippen LogP contribution in [0.3, 0.4) is 0 Å². The molecule has 0 aliphatic carbocycles. The lowest BCUT2D eigenvalue weighted by Crippen LogP contribution is -2.17. The molecule has 0 aliphatic heterocycles. The Balaban J connectivity index is 2.14. The van der Waals surface area contributed by atoms with Crippen molar-refractivity contribution in [1.82, 2.24) is 9.97 Å². The predicted octanol–water partition coefficient (Wildman–Crippen LogP) is 3.53. The van der Waals surface area contributed by atoms with Gasteiger partial charge in [0.15, 0.2) is 0 Å². The van der Waals surface area contributed by atoms with Gasteiger partial charge in [-0.25, -0.2) is 9.97 Å². The molecule has 0 atom stereocenters. The van der Waals surface area contributed by atoms with E-state index in [-0.39, 0.29) is 0 Å². The lowest BCUT2D eigenvalue weighted by Gasteiger charge is -2.18. The van der Waals surface area contributed by atoms with Crippen LogP contribution in [0.2, 0.25) is 5.15 Å².